The minimum Gasteiger partial charge on any atom is -0.277 e. The lowest BCUT2D eigenvalue weighted by molar-refractivity contribution is 1.67. The van der Waals surface area contributed by atoms with E-state index in [1.165, 1.54) is 11.3 Å². The van der Waals surface area contributed by atoms with Gasteiger partial charge in [-0.25, -0.2) is 0 Å². The number of rotatable bonds is 1. The SMILES string of the molecule is O=c1scc(-c2ccccc2)c2ccccc12. The normalized spacial score (nSPS) is 10.6. The summed E-state index contributed by atoms with van der Waals surface area (Å²) in [6, 6.07) is 17.9. The van der Waals surface area contributed by atoms with Gasteiger partial charge in [-0.3, -0.25) is 4.79 Å². The van der Waals surface area contributed by atoms with Crippen molar-refractivity contribution < 1.29 is 0 Å². The van der Waals surface area contributed by atoms with Crippen molar-refractivity contribution in [2.75, 3.05) is 0 Å². The Morgan fingerprint density at radius 2 is 1.41 bits per heavy atom. The third kappa shape index (κ3) is 1.77. The molecule has 3 aromatic rings. The molecule has 1 aromatic heterocycles. The maximum atomic E-state index is 11.8. The Labute approximate surface area is 103 Å². The van der Waals surface area contributed by atoms with Crippen LogP contribution in [-0.2, 0) is 0 Å². The van der Waals surface area contributed by atoms with Crippen molar-refractivity contribution in [1.82, 2.24) is 0 Å². The highest BCUT2D eigenvalue weighted by Gasteiger charge is 2.05. The third-order valence-electron chi connectivity index (χ3n) is 2.81. The molecular weight excluding hydrogens is 228 g/mol. The van der Waals surface area contributed by atoms with Crippen molar-refractivity contribution in [2.24, 2.45) is 0 Å². The second-order valence-corrected chi connectivity index (χ2v) is 4.69. The summed E-state index contributed by atoms with van der Waals surface area (Å²) >= 11 is 1.26. The van der Waals surface area contributed by atoms with Crippen molar-refractivity contribution in [3.05, 3.63) is 69.5 Å². The molecule has 82 valence electrons. The molecule has 0 N–H and O–H groups in total. The molecule has 0 atom stereocenters. The zero-order valence-electron chi connectivity index (χ0n) is 9.09. The van der Waals surface area contributed by atoms with Gasteiger partial charge in [0.25, 0.3) is 0 Å². The summed E-state index contributed by atoms with van der Waals surface area (Å²) in [5.74, 6) is 0. The first-order valence-corrected chi connectivity index (χ1v) is 6.30. The van der Waals surface area contributed by atoms with E-state index in [0.29, 0.717) is 0 Å². The van der Waals surface area contributed by atoms with Crippen LogP contribution in [0.15, 0.2) is 64.8 Å². The Morgan fingerprint density at radius 3 is 2.18 bits per heavy atom. The Morgan fingerprint density at radius 1 is 0.765 bits per heavy atom. The number of fused-ring (bicyclic) bond motifs is 1. The van der Waals surface area contributed by atoms with Crippen LogP contribution in [0.2, 0.25) is 0 Å². The topological polar surface area (TPSA) is 17.1 Å². The van der Waals surface area contributed by atoms with Crippen LogP contribution in [0.1, 0.15) is 0 Å². The van der Waals surface area contributed by atoms with Gasteiger partial charge in [-0.2, -0.15) is 0 Å². The van der Waals surface area contributed by atoms with E-state index in [0.717, 1.165) is 21.9 Å². The predicted octanol–water partition coefficient (Wildman–Crippen LogP) is 3.93. The van der Waals surface area contributed by atoms with Gasteiger partial charge in [0.2, 0.25) is 4.74 Å². The molecule has 0 saturated carbocycles. The van der Waals surface area contributed by atoms with E-state index in [1.54, 1.807) is 0 Å². The summed E-state index contributed by atoms with van der Waals surface area (Å²) in [4.78, 5) is 11.8. The molecule has 2 heteroatoms. The minimum absolute atomic E-state index is 0.125. The first-order chi connectivity index (χ1) is 8.36. The monoisotopic (exact) mass is 238 g/mol. The van der Waals surface area contributed by atoms with Gasteiger partial charge in [-0.15, -0.1) is 11.3 Å². The van der Waals surface area contributed by atoms with E-state index in [-0.39, 0.29) is 4.74 Å². The van der Waals surface area contributed by atoms with E-state index < -0.39 is 0 Å². The van der Waals surface area contributed by atoms with Gasteiger partial charge in [0.05, 0.1) is 0 Å². The average Bonchev–Trinajstić information content (AvgIpc) is 2.41. The fourth-order valence-corrected chi connectivity index (χ4v) is 2.77. The first-order valence-electron chi connectivity index (χ1n) is 5.42. The van der Waals surface area contributed by atoms with Gasteiger partial charge in [0.1, 0.15) is 0 Å². The zero-order chi connectivity index (χ0) is 11.7. The van der Waals surface area contributed by atoms with Crippen LogP contribution in [0, 0.1) is 0 Å². The van der Waals surface area contributed by atoms with Crippen LogP contribution < -0.4 is 4.74 Å². The maximum Gasteiger partial charge on any atom is 0.240 e. The lowest BCUT2D eigenvalue weighted by Gasteiger charge is -2.04. The predicted molar refractivity (Wildman–Crippen MR) is 73.5 cm³/mol. The van der Waals surface area contributed by atoms with Crippen LogP contribution in [-0.4, -0.2) is 0 Å². The molecule has 0 aliphatic heterocycles. The number of hydrogen-bond acceptors (Lipinski definition) is 2. The van der Waals surface area contributed by atoms with Crippen molar-refractivity contribution in [3.8, 4) is 11.1 Å². The zero-order valence-corrected chi connectivity index (χ0v) is 9.91. The lowest BCUT2D eigenvalue weighted by Crippen LogP contribution is -1.95. The van der Waals surface area contributed by atoms with Gasteiger partial charge in [-0.1, -0.05) is 48.5 Å². The standard InChI is InChI=1S/C15H10OS/c16-15-13-9-5-4-8-12(13)14(10-17-15)11-6-2-1-3-7-11/h1-10H. The molecule has 0 fully saturated rings. The van der Waals surface area contributed by atoms with Crippen molar-refractivity contribution >= 4 is 22.1 Å². The summed E-state index contributed by atoms with van der Waals surface area (Å²) in [6.45, 7) is 0. The van der Waals surface area contributed by atoms with Gasteiger partial charge >= 0.3 is 0 Å². The highest BCUT2D eigenvalue weighted by Crippen LogP contribution is 2.27. The molecule has 0 spiro atoms. The summed E-state index contributed by atoms with van der Waals surface area (Å²) in [5.41, 5.74) is 2.28. The van der Waals surface area contributed by atoms with Crippen molar-refractivity contribution in [3.63, 3.8) is 0 Å². The van der Waals surface area contributed by atoms with Crippen molar-refractivity contribution in [2.45, 2.75) is 0 Å². The number of hydrogen-bond donors (Lipinski definition) is 0. The van der Waals surface area contributed by atoms with Crippen LogP contribution in [0.3, 0.4) is 0 Å². The number of benzene rings is 2. The molecule has 1 heterocycles. The van der Waals surface area contributed by atoms with Crippen molar-refractivity contribution in [1.29, 1.82) is 0 Å². The lowest BCUT2D eigenvalue weighted by atomic mass is 10.0. The smallest absolute Gasteiger partial charge is 0.240 e. The molecule has 0 amide bonds. The second-order valence-electron chi connectivity index (χ2n) is 3.85. The molecule has 0 aliphatic carbocycles. The van der Waals surface area contributed by atoms with E-state index in [2.05, 4.69) is 12.1 Å². The minimum atomic E-state index is 0.125. The fourth-order valence-electron chi connectivity index (χ4n) is 1.98. The first kappa shape index (κ1) is 10.2. The summed E-state index contributed by atoms with van der Waals surface area (Å²) < 4.78 is 0.125. The van der Waals surface area contributed by atoms with E-state index >= 15 is 0 Å². The molecule has 17 heavy (non-hydrogen) atoms. The Bertz CT molecular complexity index is 714. The van der Waals surface area contributed by atoms with Crippen LogP contribution in [0.4, 0.5) is 0 Å². The van der Waals surface area contributed by atoms with Crippen LogP contribution in [0.25, 0.3) is 21.9 Å². The van der Waals surface area contributed by atoms with E-state index in [9.17, 15) is 4.79 Å². The molecule has 0 unspecified atom stereocenters. The maximum absolute atomic E-state index is 11.8. The Kier molecular flexibility index (Phi) is 2.50. The molecular formula is C15H10OS. The van der Waals surface area contributed by atoms with Gasteiger partial charge in [-0.05, 0) is 22.6 Å². The van der Waals surface area contributed by atoms with Crippen LogP contribution >= 0.6 is 11.3 Å². The van der Waals surface area contributed by atoms with Crippen LogP contribution in [0.5, 0.6) is 0 Å². The molecule has 3 rings (SSSR count). The van der Waals surface area contributed by atoms with Gasteiger partial charge < -0.3 is 0 Å². The molecule has 2 aromatic carbocycles. The molecule has 0 aliphatic rings. The Balaban J connectivity index is 2.39. The van der Waals surface area contributed by atoms with Gasteiger partial charge in [0.15, 0.2) is 0 Å². The summed E-state index contributed by atoms with van der Waals surface area (Å²) in [7, 11) is 0. The second kappa shape index (κ2) is 4.15. The highest BCUT2D eigenvalue weighted by atomic mass is 32.1. The molecule has 0 radical (unpaired) electrons. The largest absolute Gasteiger partial charge is 0.277 e. The van der Waals surface area contributed by atoms with E-state index in [1.807, 2.05) is 47.8 Å². The molecule has 0 saturated heterocycles. The average molecular weight is 238 g/mol. The van der Waals surface area contributed by atoms with E-state index in [4.69, 9.17) is 0 Å². The summed E-state index contributed by atoms with van der Waals surface area (Å²) in [6.07, 6.45) is 0. The highest BCUT2D eigenvalue weighted by molar-refractivity contribution is 7.08. The fraction of sp³-hybridized carbons (Fsp3) is 0. The summed E-state index contributed by atoms with van der Waals surface area (Å²) in [5, 5.41) is 3.78. The molecule has 1 nitrogen and oxygen atoms in total. The Hall–Kier alpha value is -1.93. The molecule has 0 bridgehead atoms. The quantitative estimate of drug-likeness (QED) is 0.627. The third-order valence-corrected chi connectivity index (χ3v) is 3.59. The van der Waals surface area contributed by atoms with Gasteiger partial charge in [0, 0.05) is 10.8 Å².